The summed E-state index contributed by atoms with van der Waals surface area (Å²) in [6, 6.07) is 0. The molecule has 23 heavy (non-hydrogen) atoms. The molecule has 0 aromatic rings. The minimum atomic E-state index is -0.757. The third kappa shape index (κ3) is 4.28. The lowest BCUT2D eigenvalue weighted by molar-refractivity contribution is -0.154. The molecule has 2 rings (SSSR count). The molecule has 1 saturated heterocycles. The zero-order chi connectivity index (χ0) is 16.8. The Morgan fingerprint density at radius 3 is 2.35 bits per heavy atom. The predicted molar refractivity (Wildman–Crippen MR) is 78.0 cm³/mol. The van der Waals surface area contributed by atoms with E-state index in [1.54, 1.807) is 0 Å². The van der Waals surface area contributed by atoms with Gasteiger partial charge in [-0.1, -0.05) is 12.8 Å². The van der Waals surface area contributed by atoms with Gasteiger partial charge in [0.15, 0.2) is 6.61 Å². The van der Waals surface area contributed by atoms with Gasteiger partial charge in [0.2, 0.25) is 11.8 Å². The molecule has 1 aliphatic heterocycles. The van der Waals surface area contributed by atoms with Gasteiger partial charge in [0.05, 0.1) is 18.4 Å². The molecule has 0 aromatic carbocycles. The van der Waals surface area contributed by atoms with Crippen LogP contribution in [-0.2, 0) is 28.7 Å². The van der Waals surface area contributed by atoms with E-state index in [4.69, 9.17) is 9.47 Å². The van der Waals surface area contributed by atoms with Crippen molar-refractivity contribution in [3.63, 3.8) is 0 Å². The number of carbonyl (C=O) groups is 4. The predicted octanol–water partition coefficient (Wildman–Crippen LogP) is -0.533. The highest BCUT2D eigenvalue weighted by atomic mass is 16.5. The van der Waals surface area contributed by atoms with Gasteiger partial charge in [-0.2, -0.15) is 0 Å². The average Bonchev–Trinajstić information content (AvgIpc) is 2.79. The van der Waals surface area contributed by atoms with Gasteiger partial charge in [0.1, 0.15) is 6.54 Å². The van der Waals surface area contributed by atoms with E-state index < -0.39 is 25.0 Å². The first-order valence-electron chi connectivity index (χ1n) is 7.81. The Kier molecular flexibility index (Phi) is 6.09. The molecule has 1 saturated carbocycles. The largest absolute Gasteiger partial charge is 0.454 e. The molecule has 2 aliphatic rings. The molecule has 8 nitrogen and oxygen atoms in total. The van der Waals surface area contributed by atoms with Crippen LogP contribution in [0.5, 0.6) is 0 Å². The number of rotatable bonds is 7. The first-order chi connectivity index (χ1) is 11.0. The lowest BCUT2D eigenvalue weighted by Crippen LogP contribution is -2.38. The SMILES string of the molecule is COCCNC(=O)COC(=O)CN1C(=O)[C@H]2CCCC[C@H]2C1=O. The number of likely N-dealkylation sites (tertiary alicyclic amines) is 1. The average molecular weight is 326 g/mol. The van der Waals surface area contributed by atoms with Gasteiger partial charge in [-0.25, -0.2) is 0 Å². The van der Waals surface area contributed by atoms with Crippen LogP contribution in [0.1, 0.15) is 25.7 Å². The van der Waals surface area contributed by atoms with Gasteiger partial charge in [0.25, 0.3) is 5.91 Å². The number of nitrogens with zero attached hydrogens (tertiary/aromatic N) is 1. The fourth-order valence-corrected chi connectivity index (χ4v) is 3.05. The summed E-state index contributed by atoms with van der Waals surface area (Å²) in [5.74, 6) is -2.37. The van der Waals surface area contributed by atoms with Crippen LogP contribution in [0.15, 0.2) is 0 Å². The van der Waals surface area contributed by atoms with Crippen molar-refractivity contribution in [3.05, 3.63) is 0 Å². The number of fused-ring (bicyclic) bond motifs is 1. The van der Waals surface area contributed by atoms with Crippen LogP contribution in [0.4, 0.5) is 0 Å². The van der Waals surface area contributed by atoms with Crippen LogP contribution in [-0.4, -0.2) is 62.0 Å². The molecule has 1 heterocycles. The van der Waals surface area contributed by atoms with Crippen molar-refractivity contribution in [1.29, 1.82) is 0 Å². The molecule has 0 radical (unpaired) electrons. The number of hydrogen-bond donors (Lipinski definition) is 1. The molecule has 0 unspecified atom stereocenters. The molecule has 0 bridgehead atoms. The van der Waals surface area contributed by atoms with Gasteiger partial charge in [-0.15, -0.1) is 0 Å². The van der Waals surface area contributed by atoms with Crippen LogP contribution in [0.2, 0.25) is 0 Å². The minimum absolute atomic E-state index is 0.290. The summed E-state index contributed by atoms with van der Waals surface area (Å²) >= 11 is 0. The molecular formula is C15H22N2O6. The van der Waals surface area contributed by atoms with Crippen molar-refractivity contribution >= 4 is 23.7 Å². The number of imide groups is 1. The van der Waals surface area contributed by atoms with Gasteiger partial charge >= 0.3 is 5.97 Å². The van der Waals surface area contributed by atoms with E-state index in [1.807, 2.05) is 0 Å². The Morgan fingerprint density at radius 1 is 1.17 bits per heavy atom. The molecule has 1 aliphatic carbocycles. The monoisotopic (exact) mass is 326 g/mol. The fraction of sp³-hybridized carbons (Fsp3) is 0.733. The maximum absolute atomic E-state index is 12.2. The van der Waals surface area contributed by atoms with Crippen molar-refractivity contribution in [2.75, 3.05) is 33.4 Å². The Labute approximate surface area is 134 Å². The standard InChI is InChI=1S/C15H22N2O6/c1-22-7-6-16-12(18)9-23-13(19)8-17-14(20)10-4-2-3-5-11(10)15(17)21/h10-11H,2-9H2,1H3,(H,16,18)/t10-,11+. The smallest absolute Gasteiger partial charge is 0.326 e. The quantitative estimate of drug-likeness (QED) is 0.383. The number of methoxy groups -OCH3 is 1. The Bertz CT molecular complexity index is 468. The third-order valence-electron chi connectivity index (χ3n) is 4.21. The van der Waals surface area contributed by atoms with Crippen LogP contribution >= 0.6 is 0 Å². The van der Waals surface area contributed by atoms with Crippen LogP contribution in [0.3, 0.4) is 0 Å². The van der Waals surface area contributed by atoms with Gasteiger partial charge in [-0.05, 0) is 12.8 Å². The van der Waals surface area contributed by atoms with E-state index in [0.717, 1.165) is 17.7 Å². The molecule has 2 atom stereocenters. The number of nitrogens with one attached hydrogen (secondary N) is 1. The maximum atomic E-state index is 12.2. The number of carbonyl (C=O) groups excluding carboxylic acids is 4. The second-order valence-electron chi connectivity index (χ2n) is 5.76. The fourth-order valence-electron chi connectivity index (χ4n) is 3.05. The van der Waals surface area contributed by atoms with Crippen molar-refractivity contribution in [3.8, 4) is 0 Å². The summed E-state index contributed by atoms with van der Waals surface area (Å²) < 4.78 is 9.58. The highest BCUT2D eigenvalue weighted by Crippen LogP contribution is 2.37. The van der Waals surface area contributed by atoms with E-state index in [9.17, 15) is 19.2 Å². The zero-order valence-corrected chi connectivity index (χ0v) is 13.2. The number of hydrogen-bond acceptors (Lipinski definition) is 6. The molecule has 1 N–H and O–H groups in total. The Hall–Kier alpha value is -1.96. The summed E-state index contributed by atoms with van der Waals surface area (Å²) in [6.45, 7) is -0.180. The Balaban J connectivity index is 1.77. The lowest BCUT2D eigenvalue weighted by atomic mass is 9.81. The van der Waals surface area contributed by atoms with Crippen LogP contribution in [0.25, 0.3) is 0 Å². The van der Waals surface area contributed by atoms with Crippen LogP contribution < -0.4 is 5.32 Å². The van der Waals surface area contributed by atoms with Crippen molar-refractivity contribution in [2.24, 2.45) is 11.8 Å². The van der Waals surface area contributed by atoms with Gasteiger partial charge < -0.3 is 14.8 Å². The van der Waals surface area contributed by atoms with E-state index in [2.05, 4.69) is 5.32 Å². The first-order valence-corrected chi connectivity index (χ1v) is 7.81. The zero-order valence-electron chi connectivity index (χ0n) is 13.2. The minimum Gasteiger partial charge on any atom is -0.454 e. The van der Waals surface area contributed by atoms with E-state index in [1.165, 1.54) is 7.11 Å². The molecular weight excluding hydrogens is 304 g/mol. The number of amides is 3. The first kappa shape index (κ1) is 17.4. The van der Waals surface area contributed by atoms with Crippen molar-refractivity contribution in [2.45, 2.75) is 25.7 Å². The maximum Gasteiger partial charge on any atom is 0.326 e. The summed E-state index contributed by atoms with van der Waals surface area (Å²) in [5, 5.41) is 2.50. The Morgan fingerprint density at radius 2 is 1.78 bits per heavy atom. The molecule has 0 spiro atoms. The molecule has 3 amide bonds. The summed E-state index contributed by atoms with van der Waals surface area (Å²) in [6.07, 6.45) is 3.26. The summed E-state index contributed by atoms with van der Waals surface area (Å²) in [5.41, 5.74) is 0. The van der Waals surface area contributed by atoms with E-state index in [-0.39, 0.29) is 23.7 Å². The number of ether oxygens (including phenoxy) is 2. The van der Waals surface area contributed by atoms with E-state index >= 15 is 0 Å². The van der Waals surface area contributed by atoms with E-state index in [0.29, 0.717) is 26.0 Å². The third-order valence-corrected chi connectivity index (χ3v) is 4.21. The van der Waals surface area contributed by atoms with Gasteiger partial charge in [-0.3, -0.25) is 24.1 Å². The topological polar surface area (TPSA) is 102 Å². The molecule has 8 heteroatoms. The molecule has 0 aromatic heterocycles. The lowest BCUT2D eigenvalue weighted by Gasteiger charge is -2.19. The summed E-state index contributed by atoms with van der Waals surface area (Å²) in [4.78, 5) is 48.5. The molecule has 128 valence electrons. The van der Waals surface area contributed by atoms with Gasteiger partial charge in [0, 0.05) is 13.7 Å². The number of esters is 1. The highest BCUT2D eigenvalue weighted by molar-refractivity contribution is 6.07. The normalized spacial score (nSPS) is 23.6. The second kappa shape index (κ2) is 8.05. The van der Waals surface area contributed by atoms with Crippen molar-refractivity contribution in [1.82, 2.24) is 10.2 Å². The summed E-state index contributed by atoms with van der Waals surface area (Å²) in [7, 11) is 1.51. The molecule has 2 fully saturated rings. The van der Waals surface area contributed by atoms with Crippen LogP contribution in [0, 0.1) is 11.8 Å². The van der Waals surface area contributed by atoms with Crippen molar-refractivity contribution < 1.29 is 28.7 Å². The highest BCUT2D eigenvalue weighted by Gasteiger charge is 2.48. The second-order valence-corrected chi connectivity index (χ2v) is 5.76.